The van der Waals surface area contributed by atoms with Gasteiger partial charge in [0.15, 0.2) is 5.13 Å². The van der Waals surface area contributed by atoms with Crippen molar-refractivity contribution in [2.45, 2.75) is 25.8 Å². The van der Waals surface area contributed by atoms with E-state index in [1.807, 2.05) is 4.90 Å². The predicted octanol–water partition coefficient (Wildman–Crippen LogP) is 1.35. The van der Waals surface area contributed by atoms with Gasteiger partial charge in [-0.25, -0.2) is 17.7 Å². The molecule has 0 atom stereocenters. The molecule has 2 aromatic heterocycles. The summed E-state index contributed by atoms with van der Waals surface area (Å²) in [5, 5.41) is 3.29. The molecule has 4 heterocycles. The van der Waals surface area contributed by atoms with E-state index in [9.17, 15) is 18.0 Å². The number of thiazole rings is 1. The van der Waals surface area contributed by atoms with E-state index in [4.69, 9.17) is 0 Å². The van der Waals surface area contributed by atoms with Gasteiger partial charge in [0.1, 0.15) is 5.69 Å². The van der Waals surface area contributed by atoms with Crippen molar-refractivity contribution in [3.8, 4) is 0 Å². The number of fused-ring (bicyclic) bond motifs is 1. The molecule has 2 amide bonds. The zero-order chi connectivity index (χ0) is 21.3. The zero-order valence-corrected chi connectivity index (χ0v) is 18.2. The van der Waals surface area contributed by atoms with E-state index in [1.54, 1.807) is 24.4 Å². The third kappa shape index (κ3) is 4.52. The lowest BCUT2D eigenvalue weighted by molar-refractivity contribution is -0.137. The van der Waals surface area contributed by atoms with Crippen LogP contribution in [-0.2, 0) is 27.8 Å². The van der Waals surface area contributed by atoms with Crippen molar-refractivity contribution in [3.05, 3.63) is 40.7 Å². The lowest BCUT2D eigenvalue weighted by atomic mass is 9.96. The third-order valence-corrected chi connectivity index (χ3v) is 7.73. The molecule has 0 spiro atoms. The summed E-state index contributed by atoms with van der Waals surface area (Å²) >= 11 is 1.38. The minimum Gasteiger partial charge on any atom is -0.337 e. The lowest BCUT2D eigenvalue weighted by Crippen LogP contribution is -2.45. The molecule has 1 saturated heterocycles. The number of hydrogen-bond donors (Lipinski definition) is 1. The summed E-state index contributed by atoms with van der Waals surface area (Å²) in [5.74, 6) is -0.394. The molecule has 2 aromatic rings. The standard InChI is InChI=1S/C19H23N5O4S2/c1-30(27,28)24-10-5-13(6-11-24)18(26)23-9-7-14-16(12-23)29-19(21-14)22-17(25)15-4-2-3-8-20-15/h2-4,8,13H,5-7,9-12H2,1H3,(H,21,22,25). The van der Waals surface area contributed by atoms with E-state index in [1.165, 1.54) is 21.9 Å². The Morgan fingerprint density at radius 1 is 1.20 bits per heavy atom. The highest BCUT2D eigenvalue weighted by atomic mass is 32.2. The van der Waals surface area contributed by atoms with Crippen LogP contribution in [0.25, 0.3) is 0 Å². The second-order valence-electron chi connectivity index (χ2n) is 7.50. The molecule has 160 valence electrons. The first-order valence-electron chi connectivity index (χ1n) is 9.76. The van der Waals surface area contributed by atoms with Gasteiger partial charge in [-0.3, -0.25) is 19.9 Å². The Bertz CT molecular complexity index is 1050. The van der Waals surface area contributed by atoms with E-state index in [0.717, 1.165) is 10.6 Å². The van der Waals surface area contributed by atoms with E-state index in [-0.39, 0.29) is 17.7 Å². The lowest BCUT2D eigenvalue weighted by Gasteiger charge is -2.34. The minimum absolute atomic E-state index is 0.0706. The van der Waals surface area contributed by atoms with Gasteiger partial charge in [0.05, 0.1) is 18.5 Å². The number of amides is 2. The van der Waals surface area contributed by atoms with Crippen LogP contribution in [0.3, 0.4) is 0 Å². The highest BCUT2D eigenvalue weighted by Crippen LogP contribution is 2.30. The zero-order valence-electron chi connectivity index (χ0n) is 16.6. The highest BCUT2D eigenvalue weighted by Gasteiger charge is 2.33. The van der Waals surface area contributed by atoms with Gasteiger partial charge in [-0.05, 0) is 25.0 Å². The summed E-state index contributed by atoms with van der Waals surface area (Å²) in [7, 11) is -3.20. The Balaban J connectivity index is 1.37. The molecule has 0 aliphatic carbocycles. The van der Waals surface area contributed by atoms with Gasteiger partial charge in [0.2, 0.25) is 15.9 Å². The van der Waals surface area contributed by atoms with E-state index in [0.29, 0.717) is 56.3 Å². The summed E-state index contributed by atoms with van der Waals surface area (Å²) in [6, 6.07) is 5.13. The smallest absolute Gasteiger partial charge is 0.276 e. The summed E-state index contributed by atoms with van der Waals surface area (Å²) < 4.78 is 24.8. The van der Waals surface area contributed by atoms with Crippen LogP contribution >= 0.6 is 11.3 Å². The first-order valence-corrected chi connectivity index (χ1v) is 12.4. The van der Waals surface area contributed by atoms with Gasteiger partial charge < -0.3 is 4.90 Å². The number of nitrogens with zero attached hydrogens (tertiary/aromatic N) is 4. The minimum atomic E-state index is -3.20. The predicted molar refractivity (Wildman–Crippen MR) is 113 cm³/mol. The number of rotatable bonds is 4. The fourth-order valence-electron chi connectivity index (χ4n) is 3.79. The van der Waals surface area contributed by atoms with Crippen LogP contribution in [0, 0.1) is 5.92 Å². The molecular weight excluding hydrogens is 426 g/mol. The van der Waals surface area contributed by atoms with Crippen LogP contribution in [0.4, 0.5) is 5.13 Å². The molecule has 11 heteroatoms. The van der Waals surface area contributed by atoms with E-state index >= 15 is 0 Å². The van der Waals surface area contributed by atoms with Crippen molar-refractivity contribution in [1.82, 2.24) is 19.2 Å². The van der Waals surface area contributed by atoms with Crippen LogP contribution in [0.1, 0.15) is 33.9 Å². The van der Waals surface area contributed by atoms with Gasteiger partial charge in [-0.15, -0.1) is 0 Å². The Morgan fingerprint density at radius 3 is 2.63 bits per heavy atom. The second kappa shape index (κ2) is 8.40. The molecule has 4 rings (SSSR count). The number of sulfonamides is 1. The highest BCUT2D eigenvalue weighted by molar-refractivity contribution is 7.88. The van der Waals surface area contributed by atoms with Gasteiger partial charge in [-0.1, -0.05) is 17.4 Å². The molecule has 30 heavy (non-hydrogen) atoms. The van der Waals surface area contributed by atoms with Crippen molar-refractivity contribution in [3.63, 3.8) is 0 Å². The molecule has 0 bridgehead atoms. The van der Waals surface area contributed by atoms with Crippen LogP contribution in [-0.4, -0.2) is 65.3 Å². The number of anilines is 1. The number of carbonyl (C=O) groups excluding carboxylic acids is 2. The van der Waals surface area contributed by atoms with Crippen molar-refractivity contribution in [2.75, 3.05) is 31.2 Å². The number of pyridine rings is 1. The molecule has 0 saturated carbocycles. The molecule has 2 aliphatic rings. The molecule has 0 radical (unpaired) electrons. The normalized spacial score (nSPS) is 18.1. The van der Waals surface area contributed by atoms with E-state index < -0.39 is 10.0 Å². The van der Waals surface area contributed by atoms with Crippen molar-refractivity contribution >= 4 is 38.3 Å². The van der Waals surface area contributed by atoms with Gasteiger partial charge in [-0.2, -0.15) is 0 Å². The average molecular weight is 450 g/mol. The molecule has 1 fully saturated rings. The number of hydrogen-bond acceptors (Lipinski definition) is 7. The fourth-order valence-corrected chi connectivity index (χ4v) is 5.68. The summed E-state index contributed by atoms with van der Waals surface area (Å²) in [5.41, 5.74) is 1.23. The first-order chi connectivity index (χ1) is 14.3. The monoisotopic (exact) mass is 449 g/mol. The van der Waals surface area contributed by atoms with Crippen LogP contribution in [0.15, 0.2) is 24.4 Å². The summed E-state index contributed by atoms with van der Waals surface area (Å²) in [6.45, 7) is 1.82. The van der Waals surface area contributed by atoms with Crippen molar-refractivity contribution in [2.24, 2.45) is 5.92 Å². The first kappa shape index (κ1) is 20.9. The van der Waals surface area contributed by atoms with Crippen molar-refractivity contribution < 1.29 is 18.0 Å². The van der Waals surface area contributed by atoms with Crippen LogP contribution in [0.5, 0.6) is 0 Å². The maximum Gasteiger partial charge on any atom is 0.276 e. The Kier molecular flexibility index (Phi) is 5.85. The molecular formula is C19H23N5O4S2. The maximum absolute atomic E-state index is 13.0. The number of nitrogens with one attached hydrogen (secondary N) is 1. The number of aromatic nitrogens is 2. The number of carbonyl (C=O) groups is 2. The quantitative estimate of drug-likeness (QED) is 0.754. The second-order valence-corrected chi connectivity index (χ2v) is 10.6. The largest absolute Gasteiger partial charge is 0.337 e. The SMILES string of the molecule is CS(=O)(=O)N1CCC(C(=O)N2CCc3nc(NC(=O)c4ccccn4)sc3C2)CC1. The number of piperidine rings is 1. The Morgan fingerprint density at radius 2 is 1.97 bits per heavy atom. The third-order valence-electron chi connectivity index (χ3n) is 5.43. The fraction of sp³-hybridized carbons (Fsp3) is 0.474. The van der Waals surface area contributed by atoms with Gasteiger partial charge in [0, 0.05) is 43.0 Å². The Hall–Kier alpha value is -2.37. The molecule has 2 aliphatic heterocycles. The Labute approximate surface area is 179 Å². The van der Waals surface area contributed by atoms with Gasteiger partial charge in [0.25, 0.3) is 5.91 Å². The molecule has 1 N–H and O–H groups in total. The van der Waals surface area contributed by atoms with E-state index in [2.05, 4.69) is 15.3 Å². The summed E-state index contributed by atoms with van der Waals surface area (Å²) in [4.78, 5) is 36.6. The molecule has 0 unspecified atom stereocenters. The molecule has 0 aromatic carbocycles. The summed E-state index contributed by atoms with van der Waals surface area (Å²) in [6.07, 6.45) is 4.49. The topological polar surface area (TPSA) is 113 Å². The van der Waals surface area contributed by atoms with Crippen molar-refractivity contribution in [1.29, 1.82) is 0 Å². The average Bonchev–Trinajstić information content (AvgIpc) is 3.14. The van der Waals surface area contributed by atoms with Crippen LogP contribution in [0.2, 0.25) is 0 Å². The van der Waals surface area contributed by atoms with Gasteiger partial charge >= 0.3 is 0 Å². The van der Waals surface area contributed by atoms with Crippen LogP contribution < -0.4 is 5.32 Å². The molecule has 9 nitrogen and oxygen atoms in total. The maximum atomic E-state index is 13.0.